The van der Waals surface area contributed by atoms with Gasteiger partial charge in [-0.1, -0.05) is 34.6 Å². The van der Waals surface area contributed by atoms with Gasteiger partial charge in [-0.3, -0.25) is 9.13 Å². The summed E-state index contributed by atoms with van der Waals surface area (Å²) in [7, 11) is 0.227. The number of hydrogen-bond donors (Lipinski definition) is 2. The molecule has 0 saturated carbocycles. The predicted molar refractivity (Wildman–Crippen MR) is 74.3 cm³/mol. The topological polar surface area (TPSA) is 30.5 Å². The molecule has 0 aliphatic rings. The van der Waals surface area contributed by atoms with E-state index in [-0.39, 0.29) is 0 Å². The van der Waals surface area contributed by atoms with E-state index in [0.717, 1.165) is 32.7 Å². The van der Waals surface area contributed by atoms with E-state index >= 15 is 0 Å². The van der Waals surface area contributed by atoms with Gasteiger partial charge in [0.25, 0.3) is 0 Å². The Balaban J connectivity index is 5.08. The summed E-state index contributed by atoms with van der Waals surface area (Å²) in [6.45, 7) is 16.5. The van der Waals surface area contributed by atoms with Crippen LogP contribution >= 0.6 is 0 Å². The van der Waals surface area contributed by atoms with Crippen LogP contribution in [0.2, 0.25) is 0 Å². The lowest BCUT2D eigenvalue weighted by Gasteiger charge is -2.46. The quantitative estimate of drug-likeness (QED) is 0.593. The van der Waals surface area contributed by atoms with Gasteiger partial charge in [0, 0.05) is 0 Å². The second kappa shape index (κ2) is 8.19. The van der Waals surface area contributed by atoms with Crippen LogP contribution in [0.15, 0.2) is 0 Å². The van der Waals surface area contributed by atoms with Crippen molar-refractivity contribution >= 4 is 8.72 Å². The predicted octanol–water partition coefficient (Wildman–Crippen LogP) is 0.935. The van der Waals surface area contributed by atoms with Gasteiger partial charge in [-0.25, -0.2) is 0 Å². The number of hydrogen-bond acceptors (Lipinski definition) is 4. The van der Waals surface area contributed by atoms with Gasteiger partial charge in [0.15, 0.2) is 0 Å². The molecule has 0 spiro atoms. The normalized spacial score (nSPS) is 12.8. The Bertz CT molecular complexity index is 157. The lowest BCUT2D eigenvalue weighted by molar-refractivity contribution is 0.324. The average molecular weight is 246 g/mol. The third kappa shape index (κ3) is 3.27. The minimum Gasteiger partial charge on any atom is -0.303 e. The van der Waals surface area contributed by atoms with Crippen LogP contribution in [0.25, 0.3) is 0 Å². The standard InChI is InChI=1S/C11H30N4Si/c1-7-13-16(12-6,14(8-2)9-3)15(10-4)11-5/h12-13H,7-11H2,1-6H3. The molecule has 0 heterocycles. The van der Waals surface area contributed by atoms with Crippen LogP contribution in [0.1, 0.15) is 34.6 Å². The van der Waals surface area contributed by atoms with Gasteiger partial charge in [0.1, 0.15) is 0 Å². The molecule has 0 fully saturated rings. The van der Waals surface area contributed by atoms with Gasteiger partial charge in [0.05, 0.1) is 0 Å². The summed E-state index contributed by atoms with van der Waals surface area (Å²) in [5.74, 6) is 0. The zero-order valence-electron chi connectivity index (χ0n) is 11.9. The molecule has 98 valence electrons. The van der Waals surface area contributed by atoms with Crippen LogP contribution in [-0.4, -0.2) is 57.6 Å². The SMILES string of the molecule is CCN[Si](NC)(N(CC)CC)N(CC)CC. The average Bonchev–Trinajstić information content (AvgIpc) is 2.31. The van der Waals surface area contributed by atoms with Crippen LogP contribution in [0.4, 0.5) is 0 Å². The second-order valence-electron chi connectivity index (χ2n) is 3.80. The molecule has 0 radical (unpaired) electrons. The highest BCUT2D eigenvalue weighted by Gasteiger charge is 2.43. The first-order valence-corrected chi connectivity index (χ1v) is 8.50. The third-order valence-electron chi connectivity index (χ3n) is 3.21. The van der Waals surface area contributed by atoms with Gasteiger partial charge in [0.2, 0.25) is 0 Å². The van der Waals surface area contributed by atoms with Crippen molar-refractivity contribution in [1.82, 2.24) is 19.1 Å². The number of nitrogens with one attached hydrogen (secondary N) is 2. The summed E-state index contributed by atoms with van der Waals surface area (Å²) in [4.78, 5) is 7.33. The number of nitrogens with zero attached hydrogens (tertiary/aromatic N) is 2. The Morgan fingerprint density at radius 2 is 1.19 bits per heavy atom. The van der Waals surface area contributed by atoms with Crippen molar-refractivity contribution in [2.45, 2.75) is 34.6 Å². The zero-order valence-corrected chi connectivity index (χ0v) is 12.9. The Hall–Kier alpha value is 0.0569. The fourth-order valence-corrected chi connectivity index (χ4v) is 6.42. The minimum atomic E-state index is -1.86. The Morgan fingerprint density at radius 1 is 0.812 bits per heavy atom. The molecule has 0 unspecified atom stereocenters. The van der Waals surface area contributed by atoms with Crippen molar-refractivity contribution in [3.05, 3.63) is 0 Å². The smallest absolute Gasteiger partial charge is 0.303 e. The van der Waals surface area contributed by atoms with Gasteiger partial charge >= 0.3 is 8.72 Å². The number of rotatable bonds is 9. The van der Waals surface area contributed by atoms with E-state index in [4.69, 9.17) is 0 Å². The second-order valence-corrected chi connectivity index (χ2v) is 7.26. The Kier molecular flexibility index (Phi) is 8.22. The molecule has 0 saturated heterocycles. The van der Waals surface area contributed by atoms with Crippen molar-refractivity contribution in [2.24, 2.45) is 0 Å². The van der Waals surface area contributed by atoms with E-state index in [1.54, 1.807) is 0 Å². The first kappa shape index (κ1) is 16.1. The lowest BCUT2D eigenvalue weighted by atomic mass is 10.7. The summed E-state index contributed by atoms with van der Waals surface area (Å²) in [5.41, 5.74) is 0. The summed E-state index contributed by atoms with van der Waals surface area (Å²) in [6, 6.07) is 0. The van der Waals surface area contributed by atoms with Crippen LogP contribution < -0.4 is 9.96 Å². The monoisotopic (exact) mass is 246 g/mol. The molecule has 5 heteroatoms. The van der Waals surface area contributed by atoms with E-state index in [1.165, 1.54) is 0 Å². The fourth-order valence-electron chi connectivity index (χ4n) is 2.44. The van der Waals surface area contributed by atoms with Gasteiger partial charge < -0.3 is 9.96 Å². The van der Waals surface area contributed by atoms with Gasteiger partial charge in [-0.15, -0.1) is 0 Å². The van der Waals surface area contributed by atoms with Crippen molar-refractivity contribution in [3.63, 3.8) is 0 Å². The van der Waals surface area contributed by atoms with E-state index in [0.29, 0.717) is 0 Å². The third-order valence-corrected chi connectivity index (χ3v) is 7.85. The van der Waals surface area contributed by atoms with E-state index in [1.807, 2.05) is 0 Å². The zero-order chi connectivity index (χ0) is 12.6. The molecule has 0 bridgehead atoms. The molecule has 2 N–H and O–H groups in total. The summed E-state index contributed by atoms with van der Waals surface area (Å²) in [5, 5.41) is 0. The molecule has 16 heavy (non-hydrogen) atoms. The van der Waals surface area contributed by atoms with Crippen LogP contribution in [0.5, 0.6) is 0 Å². The maximum absolute atomic E-state index is 3.73. The van der Waals surface area contributed by atoms with Gasteiger partial charge in [-0.2, -0.15) is 0 Å². The van der Waals surface area contributed by atoms with E-state index in [9.17, 15) is 0 Å². The Morgan fingerprint density at radius 3 is 1.38 bits per heavy atom. The largest absolute Gasteiger partial charge is 0.371 e. The minimum absolute atomic E-state index is 1.01. The molecule has 0 atom stereocenters. The first-order chi connectivity index (χ1) is 7.66. The fraction of sp³-hybridized carbons (Fsp3) is 1.00. The molecule has 0 aromatic heterocycles. The van der Waals surface area contributed by atoms with Crippen molar-refractivity contribution in [3.8, 4) is 0 Å². The van der Waals surface area contributed by atoms with E-state index in [2.05, 4.69) is 60.8 Å². The molecule has 0 aromatic carbocycles. The van der Waals surface area contributed by atoms with Crippen LogP contribution in [0, 0.1) is 0 Å². The molecule has 0 aliphatic carbocycles. The Labute approximate surface area is 103 Å². The summed E-state index contributed by atoms with van der Waals surface area (Å²) >= 11 is 0. The maximum atomic E-state index is 3.73. The highest BCUT2D eigenvalue weighted by atomic mass is 28.4. The molecule has 0 rings (SSSR count). The van der Waals surface area contributed by atoms with E-state index < -0.39 is 8.72 Å². The maximum Gasteiger partial charge on any atom is 0.371 e. The van der Waals surface area contributed by atoms with Crippen molar-refractivity contribution in [2.75, 3.05) is 39.8 Å². The molecule has 0 aliphatic heterocycles. The highest BCUT2D eigenvalue weighted by molar-refractivity contribution is 6.69. The first-order valence-electron chi connectivity index (χ1n) is 6.60. The lowest BCUT2D eigenvalue weighted by Crippen LogP contribution is -2.81. The van der Waals surface area contributed by atoms with Crippen LogP contribution in [-0.2, 0) is 0 Å². The molecule has 0 amide bonds. The molecular formula is C11H30N4Si. The van der Waals surface area contributed by atoms with Crippen molar-refractivity contribution in [1.29, 1.82) is 0 Å². The molecular weight excluding hydrogens is 216 g/mol. The molecule has 0 aromatic rings. The van der Waals surface area contributed by atoms with Crippen LogP contribution in [0.3, 0.4) is 0 Å². The summed E-state index contributed by atoms with van der Waals surface area (Å²) in [6.07, 6.45) is 0. The van der Waals surface area contributed by atoms with Gasteiger partial charge in [-0.05, 0) is 39.8 Å². The van der Waals surface area contributed by atoms with Crippen molar-refractivity contribution < 1.29 is 0 Å². The molecule has 4 nitrogen and oxygen atoms in total. The summed E-state index contributed by atoms with van der Waals surface area (Å²) < 4.78 is 5.12. The highest BCUT2D eigenvalue weighted by Crippen LogP contribution is 2.09.